The third-order valence-corrected chi connectivity index (χ3v) is 10.9. The molecule has 2 heterocycles. The van der Waals surface area contributed by atoms with E-state index in [0.29, 0.717) is 5.69 Å². The quantitative estimate of drug-likeness (QED) is 0.164. The largest absolute Gasteiger partial charge is 0.363 e. The van der Waals surface area contributed by atoms with E-state index in [0.717, 1.165) is 40.6 Å². The van der Waals surface area contributed by atoms with Crippen molar-refractivity contribution < 1.29 is 0 Å². The lowest BCUT2D eigenvalue weighted by Crippen LogP contribution is -2.20. The smallest absolute Gasteiger partial charge is 0.188 e. The number of fused-ring (bicyclic) bond motifs is 6. The summed E-state index contributed by atoms with van der Waals surface area (Å²) in [6, 6.07) is 67.7. The monoisotopic (exact) mass is 689 g/mol. The predicted octanol–water partition coefficient (Wildman–Crippen LogP) is 13.5. The zero-order chi connectivity index (χ0) is 36.0. The Kier molecular flexibility index (Phi) is 7.67. The second-order valence-electron chi connectivity index (χ2n) is 14.1. The van der Waals surface area contributed by atoms with E-state index < -0.39 is 0 Å². The molecule has 0 spiro atoms. The summed E-state index contributed by atoms with van der Waals surface area (Å²) >= 11 is 0. The molecule has 3 nitrogen and oxygen atoms in total. The van der Waals surface area contributed by atoms with Gasteiger partial charge in [-0.05, 0) is 128 Å². The number of aromatic nitrogens is 1. The number of anilines is 1. The SMILES string of the molecule is [C-]#[N+]c1ccc2c(c1)c1ccccc1n2-c1ccc2c(c1)-c1ccc(-c3cc(-c4ccccc4)cc(-c4ccccc4)c3)cc1CN(c1ccccc1)C2. The van der Waals surface area contributed by atoms with Crippen LogP contribution in [0.4, 0.5) is 11.4 Å². The standard InChI is InChI=1S/C51H35N3/c1-52-43-23-26-51-49(31-43)47-19-11-12-20-50(47)54(51)45-24-21-38-33-53(44-17-9-4-10-18-44)34-42-27-37(22-25-46(42)48(38)32-45)41-29-39(35-13-5-2-6-14-35)28-40(30-41)36-15-7-3-8-16-36/h2-32H,33-34H2. The van der Waals surface area contributed by atoms with E-state index in [4.69, 9.17) is 6.57 Å². The molecular formula is C51H35N3. The molecule has 54 heavy (non-hydrogen) atoms. The summed E-state index contributed by atoms with van der Waals surface area (Å²) in [5, 5.41) is 2.25. The van der Waals surface area contributed by atoms with E-state index in [1.54, 1.807) is 0 Å². The highest BCUT2D eigenvalue weighted by atomic mass is 15.1. The second kappa shape index (κ2) is 13.1. The summed E-state index contributed by atoms with van der Waals surface area (Å²) in [6.07, 6.45) is 0. The highest BCUT2D eigenvalue weighted by molar-refractivity contribution is 6.10. The third kappa shape index (κ3) is 5.53. The fourth-order valence-electron chi connectivity index (χ4n) is 8.24. The lowest BCUT2D eigenvalue weighted by molar-refractivity contribution is 0.812. The Morgan fingerprint density at radius 2 is 1.00 bits per heavy atom. The van der Waals surface area contributed by atoms with E-state index in [2.05, 4.69) is 190 Å². The molecule has 254 valence electrons. The van der Waals surface area contributed by atoms with Crippen LogP contribution in [0.1, 0.15) is 11.1 Å². The van der Waals surface area contributed by atoms with Crippen molar-refractivity contribution in [2.75, 3.05) is 4.90 Å². The van der Waals surface area contributed by atoms with Crippen molar-refractivity contribution in [3.63, 3.8) is 0 Å². The minimum atomic E-state index is 0.656. The Bertz CT molecular complexity index is 2820. The molecule has 8 aromatic carbocycles. The molecule has 0 N–H and O–H groups in total. The van der Waals surface area contributed by atoms with Crippen LogP contribution < -0.4 is 4.90 Å². The zero-order valence-electron chi connectivity index (χ0n) is 29.7. The van der Waals surface area contributed by atoms with Crippen molar-refractivity contribution in [3.05, 3.63) is 211 Å². The normalized spacial score (nSPS) is 12.2. The average Bonchev–Trinajstić information content (AvgIpc) is 3.48. The van der Waals surface area contributed by atoms with Crippen LogP contribution in [-0.4, -0.2) is 4.57 Å². The van der Waals surface area contributed by atoms with Crippen LogP contribution in [0.2, 0.25) is 0 Å². The number of hydrogen-bond donors (Lipinski definition) is 0. The van der Waals surface area contributed by atoms with Crippen molar-refractivity contribution in [3.8, 4) is 50.2 Å². The molecule has 0 unspecified atom stereocenters. The van der Waals surface area contributed by atoms with Crippen molar-refractivity contribution in [1.29, 1.82) is 0 Å². The van der Waals surface area contributed by atoms with Gasteiger partial charge in [-0.2, -0.15) is 0 Å². The number of nitrogens with zero attached hydrogens (tertiary/aromatic N) is 3. The molecule has 0 atom stereocenters. The lowest BCUT2D eigenvalue weighted by atomic mass is 9.90. The molecule has 1 aliphatic rings. The molecule has 10 rings (SSSR count). The van der Waals surface area contributed by atoms with Crippen LogP contribution in [0.15, 0.2) is 188 Å². The fourth-order valence-corrected chi connectivity index (χ4v) is 8.24. The fraction of sp³-hybridized carbons (Fsp3) is 0.0392. The molecule has 0 saturated heterocycles. The Morgan fingerprint density at radius 3 is 1.70 bits per heavy atom. The molecular weight excluding hydrogens is 655 g/mol. The first-order valence-corrected chi connectivity index (χ1v) is 18.4. The molecule has 0 saturated carbocycles. The van der Waals surface area contributed by atoms with Gasteiger partial charge in [-0.25, -0.2) is 4.85 Å². The van der Waals surface area contributed by atoms with Gasteiger partial charge in [0, 0.05) is 29.9 Å². The van der Waals surface area contributed by atoms with E-state index in [9.17, 15) is 0 Å². The van der Waals surface area contributed by atoms with Crippen molar-refractivity contribution in [2.45, 2.75) is 13.1 Å². The summed E-state index contributed by atoms with van der Waals surface area (Å²) in [7, 11) is 0. The van der Waals surface area contributed by atoms with Gasteiger partial charge in [-0.15, -0.1) is 0 Å². The van der Waals surface area contributed by atoms with Gasteiger partial charge < -0.3 is 9.47 Å². The van der Waals surface area contributed by atoms with Crippen LogP contribution in [0.3, 0.4) is 0 Å². The van der Waals surface area contributed by atoms with Crippen LogP contribution in [-0.2, 0) is 13.1 Å². The molecule has 0 bridgehead atoms. The molecule has 0 fully saturated rings. The first-order chi connectivity index (χ1) is 26.7. The maximum absolute atomic E-state index is 7.65. The number of para-hydroxylation sites is 2. The topological polar surface area (TPSA) is 12.5 Å². The Labute approximate surface area is 315 Å². The van der Waals surface area contributed by atoms with E-state index in [1.165, 1.54) is 61.3 Å². The summed E-state index contributed by atoms with van der Waals surface area (Å²) in [6.45, 7) is 9.24. The van der Waals surface area contributed by atoms with Crippen LogP contribution in [0.25, 0.3) is 76.8 Å². The lowest BCUT2D eigenvalue weighted by Gasteiger charge is -2.24. The van der Waals surface area contributed by atoms with Gasteiger partial charge in [0.1, 0.15) is 0 Å². The minimum absolute atomic E-state index is 0.656. The summed E-state index contributed by atoms with van der Waals surface area (Å²) in [5.74, 6) is 0. The summed E-state index contributed by atoms with van der Waals surface area (Å²) < 4.78 is 2.35. The van der Waals surface area contributed by atoms with Crippen molar-refractivity contribution in [1.82, 2.24) is 4.57 Å². The molecule has 0 radical (unpaired) electrons. The molecule has 0 aliphatic carbocycles. The highest BCUT2D eigenvalue weighted by Gasteiger charge is 2.23. The van der Waals surface area contributed by atoms with Gasteiger partial charge in [0.05, 0.1) is 17.6 Å². The Hall–Kier alpha value is -7.15. The van der Waals surface area contributed by atoms with Crippen LogP contribution in [0.5, 0.6) is 0 Å². The van der Waals surface area contributed by atoms with E-state index >= 15 is 0 Å². The highest BCUT2D eigenvalue weighted by Crippen LogP contribution is 2.41. The predicted molar refractivity (Wildman–Crippen MR) is 225 cm³/mol. The van der Waals surface area contributed by atoms with Gasteiger partial charge in [0.2, 0.25) is 0 Å². The Morgan fingerprint density at radius 1 is 0.389 bits per heavy atom. The third-order valence-electron chi connectivity index (χ3n) is 10.9. The number of rotatable bonds is 5. The first-order valence-electron chi connectivity index (χ1n) is 18.4. The molecule has 1 aromatic heterocycles. The van der Waals surface area contributed by atoms with Gasteiger partial charge in [0.25, 0.3) is 0 Å². The van der Waals surface area contributed by atoms with Crippen LogP contribution >= 0.6 is 0 Å². The molecule has 1 aliphatic heterocycles. The second-order valence-corrected chi connectivity index (χ2v) is 14.1. The zero-order valence-corrected chi connectivity index (χ0v) is 29.7. The van der Waals surface area contributed by atoms with Gasteiger partial charge in [-0.1, -0.05) is 121 Å². The average molecular weight is 690 g/mol. The molecule has 9 aromatic rings. The minimum Gasteiger partial charge on any atom is -0.363 e. The van der Waals surface area contributed by atoms with Gasteiger partial charge in [-0.3, -0.25) is 0 Å². The van der Waals surface area contributed by atoms with Crippen molar-refractivity contribution >= 4 is 33.2 Å². The summed E-state index contributed by atoms with van der Waals surface area (Å²) in [5.41, 5.74) is 17.5. The molecule has 0 amide bonds. The van der Waals surface area contributed by atoms with Crippen LogP contribution in [0, 0.1) is 6.57 Å². The maximum atomic E-state index is 7.65. The number of hydrogen-bond acceptors (Lipinski definition) is 1. The maximum Gasteiger partial charge on any atom is 0.188 e. The first kappa shape index (κ1) is 31.6. The number of benzene rings is 8. The van der Waals surface area contributed by atoms with Gasteiger partial charge in [0.15, 0.2) is 5.69 Å². The summed E-state index contributed by atoms with van der Waals surface area (Å²) in [4.78, 5) is 6.24. The van der Waals surface area contributed by atoms with Crippen molar-refractivity contribution in [2.24, 2.45) is 0 Å². The van der Waals surface area contributed by atoms with E-state index in [-0.39, 0.29) is 0 Å². The van der Waals surface area contributed by atoms with Gasteiger partial charge >= 0.3 is 0 Å². The molecule has 3 heteroatoms. The van der Waals surface area contributed by atoms with E-state index in [1.807, 2.05) is 12.1 Å². The Balaban J connectivity index is 1.16.